The lowest BCUT2D eigenvalue weighted by Crippen LogP contribution is -2.51. The van der Waals surface area contributed by atoms with Gasteiger partial charge >= 0.3 is 0 Å². The average Bonchev–Trinajstić information content (AvgIpc) is 2.18. The first kappa shape index (κ1) is 12.0. The maximum atomic E-state index is 11.7. The lowest BCUT2D eigenvalue weighted by atomic mass is 9.96. The van der Waals surface area contributed by atoms with Gasteiger partial charge in [0.15, 0.2) is 0 Å². The Kier molecular flexibility index (Phi) is 3.68. The summed E-state index contributed by atoms with van der Waals surface area (Å²) in [5.74, 6) is -0.275. The fraction of sp³-hybridized carbons (Fsp3) is 0.800. The number of carbonyl (C=O) groups excluding carboxylic acids is 2. The zero-order valence-electron chi connectivity index (χ0n) is 9.17. The highest BCUT2D eigenvalue weighted by molar-refractivity contribution is 5.84. The summed E-state index contributed by atoms with van der Waals surface area (Å²) in [6.07, 6.45) is 0.983. The summed E-state index contributed by atoms with van der Waals surface area (Å²) >= 11 is 0. The van der Waals surface area contributed by atoms with E-state index in [9.17, 15) is 9.59 Å². The molecule has 0 aliphatic carbocycles. The molecule has 15 heavy (non-hydrogen) atoms. The number of aliphatic hydroxyl groups is 1. The standard InChI is InChI=1S/C10H18N2O3/c1-10(2,6-13)12-9(15)7-3-4-8(14)11-5-7/h7,13H,3-6H2,1-2H3,(H,11,14)(H,12,15). The van der Waals surface area contributed by atoms with Gasteiger partial charge in [-0.3, -0.25) is 9.59 Å². The van der Waals surface area contributed by atoms with E-state index in [0.29, 0.717) is 19.4 Å². The lowest BCUT2D eigenvalue weighted by Gasteiger charge is -2.28. The fourth-order valence-corrected chi connectivity index (χ4v) is 1.43. The summed E-state index contributed by atoms with van der Waals surface area (Å²) in [6.45, 7) is 3.81. The largest absolute Gasteiger partial charge is 0.394 e. The van der Waals surface area contributed by atoms with Crippen molar-refractivity contribution in [1.82, 2.24) is 10.6 Å². The van der Waals surface area contributed by atoms with Crippen LogP contribution in [0.25, 0.3) is 0 Å². The van der Waals surface area contributed by atoms with Crippen molar-refractivity contribution >= 4 is 11.8 Å². The van der Waals surface area contributed by atoms with E-state index in [1.54, 1.807) is 13.8 Å². The van der Waals surface area contributed by atoms with Crippen LogP contribution in [0.15, 0.2) is 0 Å². The number of piperidine rings is 1. The Morgan fingerprint density at radius 1 is 1.67 bits per heavy atom. The van der Waals surface area contributed by atoms with Gasteiger partial charge in [0.1, 0.15) is 0 Å². The van der Waals surface area contributed by atoms with Crippen molar-refractivity contribution in [2.45, 2.75) is 32.2 Å². The molecule has 5 heteroatoms. The quantitative estimate of drug-likeness (QED) is 0.587. The molecule has 1 rings (SSSR count). The van der Waals surface area contributed by atoms with Gasteiger partial charge < -0.3 is 15.7 Å². The molecular weight excluding hydrogens is 196 g/mol. The maximum absolute atomic E-state index is 11.7. The minimum Gasteiger partial charge on any atom is -0.394 e. The number of amides is 2. The summed E-state index contributed by atoms with van der Waals surface area (Å²) in [5.41, 5.74) is -0.599. The van der Waals surface area contributed by atoms with Gasteiger partial charge in [0, 0.05) is 13.0 Å². The van der Waals surface area contributed by atoms with Gasteiger partial charge in [-0.25, -0.2) is 0 Å². The highest BCUT2D eigenvalue weighted by Gasteiger charge is 2.28. The molecule has 3 N–H and O–H groups in total. The van der Waals surface area contributed by atoms with Gasteiger partial charge in [0.25, 0.3) is 0 Å². The summed E-state index contributed by atoms with van der Waals surface area (Å²) in [6, 6.07) is 0. The van der Waals surface area contributed by atoms with Crippen molar-refractivity contribution in [1.29, 1.82) is 0 Å². The van der Waals surface area contributed by atoms with Crippen molar-refractivity contribution < 1.29 is 14.7 Å². The second kappa shape index (κ2) is 4.61. The van der Waals surface area contributed by atoms with Crippen LogP contribution in [0.4, 0.5) is 0 Å². The van der Waals surface area contributed by atoms with Crippen molar-refractivity contribution in [2.75, 3.05) is 13.2 Å². The molecule has 0 saturated carbocycles. The fourth-order valence-electron chi connectivity index (χ4n) is 1.43. The second-order valence-electron chi connectivity index (χ2n) is 4.57. The Bertz CT molecular complexity index is 253. The third kappa shape index (κ3) is 3.51. The van der Waals surface area contributed by atoms with Crippen molar-refractivity contribution in [3.8, 4) is 0 Å². The molecule has 1 aliphatic heterocycles. The van der Waals surface area contributed by atoms with Crippen LogP contribution in [0.5, 0.6) is 0 Å². The Balaban J connectivity index is 2.44. The molecule has 0 radical (unpaired) electrons. The molecule has 0 aromatic rings. The predicted molar refractivity (Wildman–Crippen MR) is 55.0 cm³/mol. The minimum atomic E-state index is -0.599. The molecule has 86 valence electrons. The molecule has 1 heterocycles. The highest BCUT2D eigenvalue weighted by atomic mass is 16.3. The van der Waals surface area contributed by atoms with Crippen molar-refractivity contribution in [2.24, 2.45) is 5.92 Å². The Labute approximate surface area is 89.2 Å². The zero-order chi connectivity index (χ0) is 11.5. The number of hydrogen-bond acceptors (Lipinski definition) is 3. The Morgan fingerprint density at radius 2 is 2.33 bits per heavy atom. The van der Waals surface area contributed by atoms with E-state index in [2.05, 4.69) is 10.6 Å². The predicted octanol–water partition coefficient (Wildman–Crippen LogP) is -0.600. The maximum Gasteiger partial charge on any atom is 0.225 e. The monoisotopic (exact) mass is 214 g/mol. The Morgan fingerprint density at radius 3 is 2.80 bits per heavy atom. The minimum absolute atomic E-state index is 0.000434. The van der Waals surface area contributed by atoms with Crippen molar-refractivity contribution in [3.63, 3.8) is 0 Å². The number of aliphatic hydroxyl groups excluding tert-OH is 1. The van der Waals surface area contributed by atoms with Gasteiger partial charge in [-0.05, 0) is 20.3 Å². The van der Waals surface area contributed by atoms with E-state index in [0.717, 1.165) is 0 Å². The molecule has 0 aromatic carbocycles. The van der Waals surface area contributed by atoms with Crippen LogP contribution in [-0.4, -0.2) is 35.6 Å². The normalized spacial score (nSPS) is 22.1. The van der Waals surface area contributed by atoms with E-state index in [4.69, 9.17) is 5.11 Å². The van der Waals surface area contributed by atoms with Crippen LogP contribution in [0.2, 0.25) is 0 Å². The number of nitrogens with one attached hydrogen (secondary N) is 2. The first-order valence-corrected chi connectivity index (χ1v) is 5.14. The smallest absolute Gasteiger partial charge is 0.225 e. The molecule has 1 fully saturated rings. The van der Waals surface area contributed by atoms with Crippen LogP contribution < -0.4 is 10.6 Å². The summed E-state index contributed by atoms with van der Waals surface area (Å²) in [4.78, 5) is 22.6. The number of hydrogen-bond donors (Lipinski definition) is 3. The first-order valence-electron chi connectivity index (χ1n) is 5.14. The van der Waals surface area contributed by atoms with Gasteiger partial charge in [0.2, 0.25) is 11.8 Å². The van der Waals surface area contributed by atoms with E-state index in [-0.39, 0.29) is 24.3 Å². The second-order valence-corrected chi connectivity index (χ2v) is 4.57. The van der Waals surface area contributed by atoms with Gasteiger partial charge in [-0.15, -0.1) is 0 Å². The summed E-state index contributed by atoms with van der Waals surface area (Å²) in [7, 11) is 0. The van der Waals surface area contributed by atoms with Crippen molar-refractivity contribution in [3.05, 3.63) is 0 Å². The topological polar surface area (TPSA) is 78.4 Å². The molecule has 1 aliphatic rings. The van der Waals surface area contributed by atoms with Gasteiger partial charge in [0.05, 0.1) is 18.1 Å². The SMILES string of the molecule is CC(C)(CO)NC(=O)C1CCC(=O)NC1. The third-order valence-electron chi connectivity index (χ3n) is 2.49. The average molecular weight is 214 g/mol. The van der Waals surface area contributed by atoms with Crippen LogP contribution >= 0.6 is 0 Å². The molecule has 1 unspecified atom stereocenters. The zero-order valence-corrected chi connectivity index (χ0v) is 9.17. The van der Waals surface area contributed by atoms with Gasteiger partial charge in [-0.2, -0.15) is 0 Å². The van der Waals surface area contributed by atoms with E-state index >= 15 is 0 Å². The molecule has 0 spiro atoms. The molecule has 5 nitrogen and oxygen atoms in total. The van der Waals surface area contributed by atoms with Crippen LogP contribution in [0.3, 0.4) is 0 Å². The van der Waals surface area contributed by atoms with Crippen LogP contribution in [0, 0.1) is 5.92 Å². The van der Waals surface area contributed by atoms with E-state index in [1.807, 2.05) is 0 Å². The number of carbonyl (C=O) groups is 2. The lowest BCUT2D eigenvalue weighted by molar-refractivity contribution is -0.130. The summed E-state index contributed by atoms with van der Waals surface area (Å²) < 4.78 is 0. The van der Waals surface area contributed by atoms with Crippen LogP contribution in [0.1, 0.15) is 26.7 Å². The van der Waals surface area contributed by atoms with Gasteiger partial charge in [-0.1, -0.05) is 0 Å². The summed E-state index contributed by atoms with van der Waals surface area (Å²) in [5, 5.41) is 14.4. The third-order valence-corrected chi connectivity index (χ3v) is 2.49. The highest BCUT2D eigenvalue weighted by Crippen LogP contribution is 2.12. The van der Waals surface area contributed by atoms with E-state index < -0.39 is 5.54 Å². The molecule has 0 bridgehead atoms. The molecular formula is C10H18N2O3. The number of rotatable bonds is 3. The molecule has 0 aromatic heterocycles. The first-order chi connectivity index (χ1) is 6.94. The molecule has 2 amide bonds. The Hall–Kier alpha value is -1.10. The van der Waals surface area contributed by atoms with E-state index in [1.165, 1.54) is 0 Å². The van der Waals surface area contributed by atoms with Crippen LogP contribution in [-0.2, 0) is 9.59 Å². The molecule has 1 atom stereocenters. The molecule has 1 saturated heterocycles.